The molecule has 0 saturated carbocycles. The number of nitrogens with zero attached hydrogens (tertiary/aromatic N) is 1. The van der Waals surface area contributed by atoms with Crippen LogP contribution < -0.4 is 0 Å². The predicted molar refractivity (Wildman–Crippen MR) is 77.8 cm³/mol. The van der Waals surface area contributed by atoms with Crippen molar-refractivity contribution in [3.05, 3.63) is 35.9 Å². The van der Waals surface area contributed by atoms with Crippen molar-refractivity contribution in [2.45, 2.75) is 25.2 Å². The molecule has 1 aliphatic rings. The van der Waals surface area contributed by atoms with E-state index in [-0.39, 0.29) is 11.5 Å². The topological polar surface area (TPSA) is 38.8 Å². The van der Waals surface area contributed by atoms with E-state index in [1.165, 1.54) is 5.56 Å². The Morgan fingerprint density at radius 2 is 2.05 bits per heavy atom. The summed E-state index contributed by atoms with van der Waals surface area (Å²) in [6.45, 7) is 4.46. The summed E-state index contributed by atoms with van der Waals surface area (Å²) in [5.74, 6) is 0. The van der Waals surface area contributed by atoms with E-state index in [9.17, 15) is 4.79 Å². The Morgan fingerprint density at radius 3 is 2.75 bits per heavy atom. The first-order valence-corrected chi connectivity index (χ1v) is 7.12. The third-order valence-electron chi connectivity index (χ3n) is 3.94. The van der Waals surface area contributed by atoms with E-state index in [2.05, 4.69) is 31.2 Å². The molecule has 0 spiro atoms. The van der Waals surface area contributed by atoms with Crippen LogP contribution in [0.4, 0.5) is 4.79 Å². The average Bonchev–Trinajstić information content (AvgIpc) is 2.48. The molecule has 110 valence electrons. The largest absolute Gasteiger partial charge is 0.447 e. The Hall–Kier alpha value is -1.55. The first-order valence-electron chi connectivity index (χ1n) is 7.12. The summed E-state index contributed by atoms with van der Waals surface area (Å²) < 4.78 is 10.1. The SMILES string of the molecule is COCCOC(=O)N1CCC[C@@](C)(c2ccccc2)C1. The summed E-state index contributed by atoms with van der Waals surface area (Å²) in [6, 6.07) is 10.4. The second kappa shape index (κ2) is 6.75. The van der Waals surface area contributed by atoms with Crippen LogP contribution in [-0.2, 0) is 14.9 Å². The van der Waals surface area contributed by atoms with Gasteiger partial charge in [0.25, 0.3) is 0 Å². The normalized spacial score (nSPS) is 22.6. The standard InChI is InChI=1S/C16H23NO3/c1-16(14-7-4-3-5-8-14)9-6-10-17(13-16)15(18)20-12-11-19-2/h3-5,7-8H,6,9-13H2,1-2H3/t16-/m1/s1. The minimum Gasteiger partial charge on any atom is -0.447 e. The molecule has 4 heteroatoms. The lowest BCUT2D eigenvalue weighted by Crippen LogP contribution is -2.47. The maximum Gasteiger partial charge on any atom is 0.409 e. The van der Waals surface area contributed by atoms with Gasteiger partial charge in [0, 0.05) is 25.6 Å². The average molecular weight is 277 g/mol. The van der Waals surface area contributed by atoms with Crippen molar-refractivity contribution >= 4 is 6.09 Å². The van der Waals surface area contributed by atoms with E-state index in [1.807, 2.05) is 11.0 Å². The van der Waals surface area contributed by atoms with E-state index in [4.69, 9.17) is 9.47 Å². The molecular weight excluding hydrogens is 254 g/mol. The van der Waals surface area contributed by atoms with Gasteiger partial charge in [-0.15, -0.1) is 0 Å². The fourth-order valence-electron chi connectivity index (χ4n) is 2.78. The number of amides is 1. The number of likely N-dealkylation sites (tertiary alicyclic amines) is 1. The van der Waals surface area contributed by atoms with Crippen LogP contribution in [0.15, 0.2) is 30.3 Å². The maximum atomic E-state index is 12.0. The molecule has 1 fully saturated rings. The summed E-state index contributed by atoms with van der Waals surface area (Å²) in [6.07, 6.45) is 1.87. The van der Waals surface area contributed by atoms with Crippen LogP contribution in [0.5, 0.6) is 0 Å². The molecule has 0 bridgehead atoms. The zero-order valence-corrected chi connectivity index (χ0v) is 12.3. The van der Waals surface area contributed by atoms with E-state index in [0.717, 1.165) is 19.4 Å². The minimum atomic E-state index is -0.232. The van der Waals surface area contributed by atoms with Crippen molar-refractivity contribution in [2.24, 2.45) is 0 Å². The highest BCUT2D eigenvalue weighted by Gasteiger charge is 2.34. The Kier molecular flexibility index (Phi) is 5.01. The number of benzene rings is 1. The fraction of sp³-hybridized carbons (Fsp3) is 0.562. The predicted octanol–water partition coefficient (Wildman–Crippen LogP) is 2.82. The molecule has 1 aromatic carbocycles. The van der Waals surface area contributed by atoms with Gasteiger partial charge >= 0.3 is 6.09 Å². The molecule has 20 heavy (non-hydrogen) atoms. The van der Waals surface area contributed by atoms with E-state index in [1.54, 1.807) is 7.11 Å². The molecule has 0 aliphatic carbocycles. The zero-order chi connectivity index (χ0) is 14.4. The molecule has 0 aromatic heterocycles. The molecule has 1 saturated heterocycles. The summed E-state index contributed by atoms with van der Waals surface area (Å²) in [5.41, 5.74) is 1.30. The van der Waals surface area contributed by atoms with Crippen LogP contribution >= 0.6 is 0 Å². The first-order chi connectivity index (χ1) is 9.65. The van der Waals surface area contributed by atoms with E-state index < -0.39 is 0 Å². The zero-order valence-electron chi connectivity index (χ0n) is 12.3. The van der Waals surface area contributed by atoms with Crippen molar-refractivity contribution in [2.75, 3.05) is 33.4 Å². The molecule has 1 amide bonds. The highest BCUT2D eigenvalue weighted by molar-refractivity contribution is 5.68. The van der Waals surface area contributed by atoms with Crippen molar-refractivity contribution in [3.63, 3.8) is 0 Å². The number of carbonyl (C=O) groups is 1. The molecule has 2 rings (SSSR count). The molecule has 0 radical (unpaired) electrons. The summed E-state index contributed by atoms with van der Waals surface area (Å²) in [4.78, 5) is 13.9. The second-order valence-corrected chi connectivity index (χ2v) is 5.56. The van der Waals surface area contributed by atoms with Crippen molar-refractivity contribution in [1.82, 2.24) is 4.90 Å². The Labute approximate surface area is 120 Å². The van der Waals surface area contributed by atoms with Crippen molar-refractivity contribution in [3.8, 4) is 0 Å². The summed E-state index contributed by atoms with van der Waals surface area (Å²) in [5, 5.41) is 0. The number of hydrogen-bond acceptors (Lipinski definition) is 3. The Morgan fingerprint density at radius 1 is 1.30 bits per heavy atom. The fourth-order valence-corrected chi connectivity index (χ4v) is 2.78. The third kappa shape index (κ3) is 3.51. The van der Waals surface area contributed by atoms with Gasteiger partial charge in [0.1, 0.15) is 6.61 Å². The lowest BCUT2D eigenvalue weighted by Gasteiger charge is -2.40. The number of rotatable bonds is 4. The minimum absolute atomic E-state index is 0.0137. The van der Waals surface area contributed by atoms with Crippen LogP contribution in [0.3, 0.4) is 0 Å². The van der Waals surface area contributed by atoms with Gasteiger partial charge in [0.05, 0.1) is 6.61 Å². The highest BCUT2D eigenvalue weighted by atomic mass is 16.6. The van der Waals surface area contributed by atoms with Crippen LogP contribution in [0.1, 0.15) is 25.3 Å². The monoisotopic (exact) mass is 277 g/mol. The first kappa shape index (κ1) is 14.9. The van der Waals surface area contributed by atoms with Gasteiger partial charge in [-0.05, 0) is 18.4 Å². The van der Waals surface area contributed by atoms with Gasteiger partial charge in [-0.3, -0.25) is 0 Å². The summed E-state index contributed by atoms with van der Waals surface area (Å²) >= 11 is 0. The third-order valence-corrected chi connectivity index (χ3v) is 3.94. The van der Waals surface area contributed by atoms with Crippen molar-refractivity contribution < 1.29 is 14.3 Å². The van der Waals surface area contributed by atoms with E-state index >= 15 is 0 Å². The van der Waals surface area contributed by atoms with Gasteiger partial charge in [-0.2, -0.15) is 0 Å². The number of methoxy groups -OCH3 is 1. The number of piperidine rings is 1. The van der Waals surface area contributed by atoms with Crippen LogP contribution in [0.25, 0.3) is 0 Å². The van der Waals surface area contributed by atoms with Gasteiger partial charge in [-0.25, -0.2) is 4.79 Å². The highest BCUT2D eigenvalue weighted by Crippen LogP contribution is 2.33. The Balaban J connectivity index is 1.99. The van der Waals surface area contributed by atoms with Crippen LogP contribution in [0, 0.1) is 0 Å². The molecule has 1 aromatic rings. The molecule has 4 nitrogen and oxygen atoms in total. The van der Waals surface area contributed by atoms with Gasteiger partial charge in [-0.1, -0.05) is 37.3 Å². The summed E-state index contributed by atoms with van der Waals surface area (Å²) in [7, 11) is 1.60. The van der Waals surface area contributed by atoms with Crippen LogP contribution in [-0.4, -0.2) is 44.4 Å². The lowest BCUT2D eigenvalue weighted by atomic mass is 9.76. The lowest BCUT2D eigenvalue weighted by molar-refractivity contribution is 0.0577. The molecular formula is C16H23NO3. The number of hydrogen-bond donors (Lipinski definition) is 0. The van der Waals surface area contributed by atoms with Gasteiger partial charge in [0.2, 0.25) is 0 Å². The smallest absolute Gasteiger partial charge is 0.409 e. The second-order valence-electron chi connectivity index (χ2n) is 5.56. The molecule has 1 heterocycles. The van der Waals surface area contributed by atoms with Gasteiger partial charge in [0.15, 0.2) is 0 Å². The molecule has 1 aliphatic heterocycles. The molecule has 0 unspecified atom stereocenters. The number of carbonyl (C=O) groups excluding carboxylic acids is 1. The maximum absolute atomic E-state index is 12.0. The van der Waals surface area contributed by atoms with Crippen LogP contribution in [0.2, 0.25) is 0 Å². The Bertz CT molecular complexity index is 435. The quantitative estimate of drug-likeness (QED) is 0.794. The van der Waals surface area contributed by atoms with Gasteiger partial charge < -0.3 is 14.4 Å². The van der Waals surface area contributed by atoms with E-state index in [0.29, 0.717) is 19.8 Å². The molecule has 0 N–H and O–H groups in total. The molecule has 1 atom stereocenters. The van der Waals surface area contributed by atoms with Crippen molar-refractivity contribution in [1.29, 1.82) is 0 Å². The number of ether oxygens (including phenoxy) is 2.